The van der Waals surface area contributed by atoms with Crippen LogP contribution in [0.5, 0.6) is 0 Å². The molecule has 3 heteroatoms. The monoisotopic (exact) mass is 302 g/mol. The number of nitrogens with one attached hydrogen (secondary N) is 2. The third-order valence-electron chi connectivity index (χ3n) is 4.52. The van der Waals surface area contributed by atoms with Gasteiger partial charge < -0.3 is 10.6 Å². The van der Waals surface area contributed by atoms with Gasteiger partial charge in [-0.05, 0) is 44.2 Å². The average Bonchev–Trinajstić information content (AvgIpc) is 2.43. The first-order valence-electron chi connectivity index (χ1n) is 8.37. The van der Waals surface area contributed by atoms with Gasteiger partial charge in [0, 0.05) is 12.0 Å². The standard InChI is InChI=1S/C19H30N2O/c1-13-7-6-8-15(11-13)17(19(3,4)5)21-18(22)16-9-10-20-14(2)12-16/h6-8,11,14,16-17,20H,9-10,12H2,1-5H3,(H,21,22)/t14-,16-,17?/m0/s1. The van der Waals surface area contributed by atoms with E-state index in [0.717, 1.165) is 19.4 Å². The molecule has 0 saturated carbocycles. The van der Waals surface area contributed by atoms with E-state index in [1.165, 1.54) is 11.1 Å². The van der Waals surface area contributed by atoms with E-state index in [-0.39, 0.29) is 23.3 Å². The molecule has 1 amide bonds. The maximum Gasteiger partial charge on any atom is 0.223 e. The Bertz CT molecular complexity index is 518. The van der Waals surface area contributed by atoms with Gasteiger partial charge in [-0.25, -0.2) is 0 Å². The molecular formula is C19H30N2O. The van der Waals surface area contributed by atoms with Gasteiger partial charge in [-0.3, -0.25) is 4.79 Å². The van der Waals surface area contributed by atoms with Crippen LogP contribution in [0.4, 0.5) is 0 Å². The SMILES string of the molecule is Cc1cccc(C(NC(=O)[C@H]2CCN[C@@H](C)C2)C(C)(C)C)c1. The van der Waals surface area contributed by atoms with Crippen molar-refractivity contribution in [2.75, 3.05) is 6.54 Å². The number of carbonyl (C=O) groups is 1. The van der Waals surface area contributed by atoms with Crippen LogP contribution in [0.2, 0.25) is 0 Å². The number of hydrogen-bond donors (Lipinski definition) is 2. The molecular weight excluding hydrogens is 272 g/mol. The Balaban J connectivity index is 2.15. The van der Waals surface area contributed by atoms with Crippen LogP contribution in [0, 0.1) is 18.3 Å². The highest BCUT2D eigenvalue weighted by Gasteiger charge is 2.31. The van der Waals surface area contributed by atoms with E-state index in [4.69, 9.17) is 0 Å². The second kappa shape index (κ2) is 6.82. The number of benzene rings is 1. The van der Waals surface area contributed by atoms with Gasteiger partial charge in [0.25, 0.3) is 0 Å². The zero-order valence-corrected chi connectivity index (χ0v) is 14.6. The van der Waals surface area contributed by atoms with Crippen molar-refractivity contribution in [2.24, 2.45) is 11.3 Å². The molecule has 1 unspecified atom stereocenters. The van der Waals surface area contributed by atoms with Gasteiger partial charge in [-0.1, -0.05) is 50.6 Å². The highest BCUT2D eigenvalue weighted by atomic mass is 16.2. The van der Waals surface area contributed by atoms with Crippen molar-refractivity contribution in [1.82, 2.24) is 10.6 Å². The second-order valence-electron chi connectivity index (χ2n) is 7.80. The predicted octanol–water partition coefficient (Wildman–Crippen LogP) is 3.59. The molecule has 3 atom stereocenters. The lowest BCUT2D eigenvalue weighted by Crippen LogP contribution is -2.45. The molecule has 22 heavy (non-hydrogen) atoms. The normalized spacial score (nSPS) is 23.9. The van der Waals surface area contributed by atoms with Crippen molar-refractivity contribution in [2.45, 2.75) is 59.5 Å². The molecule has 1 fully saturated rings. The minimum absolute atomic E-state index is 0.0119. The van der Waals surface area contributed by atoms with Crippen molar-refractivity contribution in [3.63, 3.8) is 0 Å². The maximum atomic E-state index is 12.7. The molecule has 122 valence electrons. The number of rotatable bonds is 3. The third-order valence-corrected chi connectivity index (χ3v) is 4.52. The molecule has 2 N–H and O–H groups in total. The molecule has 1 aromatic carbocycles. The van der Waals surface area contributed by atoms with Gasteiger partial charge in [0.15, 0.2) is 0 Å². The average molecular weight is 302 g/mol. The summed E-state index contributed by atoms with van der Waals surface area (Å²) < 4.78 is 0. The molecule has 1 saturated heterocycles. The van der Waals surface area contributed by atoms with E-state index in [0.29, 0.717) is 6.04 Å². The lowest BCUT2D eigenvalue weighted by atomic mass is 9.81. The molecule has 0 spiro atoms. The highest BCUT2D eigenvalue weighted by molar-refractivity contribution is 5.79. The van der Waals surface area contributed by atoms with Crippen LogP contribution < -0.4 is 10.6 Å². The lowest BCUT2D eigenvalue weighted by Gasteiger charge is -2.35. The van der Waals surface area contributed by atoms with Gasteiger partial charge in [0.1, 0.15) is 0 Å². The summed E-state index contributed by atoms with van der Waals surface area (Å²) in [6.07, 6.45) is 1.86. The van der Waals surface area contributed by atoms with Crippen LogP contribution in [-0.2, 0) is 4.79 Å². The second-order valence-corrected chi connectivity index (χ2v) is 7.80. The van der Waals surface area contributed by atoms with Crippen molar-refractivity contribution in [3.8, 4) is 0 Å². The Morgan fingerprint density at radius 3 is 2.68 bits per heavy atom. The quantitative estimate of drug-likeness (QED) is 0.896. The first kappa shape index (κ1) is 17.0. The number of carbonyl (C=O) groups excluding carboxylic acids is 1. The summed E-state index contributed by atoms with van der Waals surface area (Å²) in [5.74, 6) is 0.334. The van der Waals surface area contributed by atoms with Crippen molar-refractivity contribution in [3.05, 3.63) is 35.4 Å². The summed E-state index contributed by atoms with van der Waals surface area (Å²) in [6.45, 7) is 11.7. The Kier molecular flexibility index (Phi) is 5.28. The predicted molar refractivity (Wildman–Crippen MR) is 91.7 cm³/mol. The molecule has 0 radical (unpaired) electrons. The number of aryl methyl sites for hydroxylation is 1. The Hall–Kier alpha value is -1.35. The van der Waals surface area contributed by atoms with Gasteiger partial charge in [0.05, 0.1) is 6.04 Å². The van der Waals surface area contributed by atoms with Gasteiger partial charge >= 0.3 is 0 Å². The first-order valence-corrected chi connectivity index (χ1v) is 8.37. The van der Waals surface area contributed by atoms with Gasteiger partial charge in [-0.2, -0.15) is 0 Å². The molecule has 0 aliphatic carbocycles. The third kappa shape index (κ3) is 4.33. The Morgan fingerprint density at radius 2 is 2.09 bits per heavy atom. The molecule has 0 aromatic heterocycles. The van der Waals surface area contributed by atoms with Crippen LogP contribution in [0.3, 0.4) is 0 Å². The van der Waals surface area contributed by atoms with Crippen LogP contribution in [-0.4, -0.2) is 18.5 Å². The van der Waals surface area contributed by atoms with Crippen molar-refractivity contribution in [1.29, 1.82) is 0 Å². The minimum Gasteiger partial charge on any atom is -0.349 e. The fourth-order valence-corrected chi connectivity index (χ4v) is 3.28. The zero-order chi connectivity index (χ0) is 16.3. The molecule has 1 heterocycles. The smallest absolute Gasteiger partial charge is 0.223 e. The number of hydrogen-bond acceptors (Lipinski definition) is 2. The summed E-state index contributed by atoms with van der Waals surface area (Å²) in [5, 5.41) is 6.73. The number of amides is 1. The van der Waals surface area contributed by atoms with Crippen LogP contribution in [0.15, 0.2) is 24.3 Å². The summed E-state index contributed by atoms with van der Waals surface area (Å²) in [7, 11) is 0. The summed E-state index contributed by atoms with van der Waals surface area (Å²) in [4.78, 5) is 12.7. The van der Waals surface area contributed by atoms with E-state index in [9.17, 15) is 4.79 Å². The highest BCUT2D eigenvalue weighted by Crippen LogP contribution is 2.33. The lowest BCUT2D eigenvalue weighted by molar-refractivity contribution is -0.127. The van der Waals surface area contributed by atoms with E-state index >= 15 is 0 Å². The summed E-state index contributed by atoms with van der Waals surface area (Å²) in [5.41, 5.74) is 2.42. The fraction of sp³-hybridized carbons (Fsp3) is 0.632. The zero-order valence-electron chi connectivity index (χ0n) is 14.6. The van der Waals surface area contributed by atoms with Crippen LogP contribution >= 0.6 is 0 Å². The molecule has 1 aliphatic heterocycles. The van der Waals surface area contributed by atoms with E-state index in [2.05, 4.69) is 69.5 Å². The van der Waals surface area contributed by atoms with E-state index in [1.807, 2.05) is 0 Å². The molecule has 0 bridgehead atoms. The van der Waals surface area contributed by atoms with Crippen molar-refractivity contribution < 1.29 is 4.79 Å². The molecule has 1 aromatic rings. The van der Waals surface area contributed by atoms with Crippen LogP contribution in [0.25, 0.3) is 0 Å². The molecule has 1 aliphatic rings. The topological polar surface area (TPSA) is 41.1 Å². The summed E-state index contributed by atoms with van der Waals surface area (Å²) >= 11 is 0. The van der Waals surface area contributed by atoms with E-state index < -0.39 is 0 Å². The maximum absolute atomic E-state index is 12.7. The Morgan fingerprint density at radius 1 is 1.36 bits per heavy atom. The first-order chi connectivity index (χ1) is 10.3. The van der Waals surface area contributed by atoms with Crippen LogP contribution in [0.1, 0.15) is 57.7 Å². The molecule has 3 nitrogen and oxygen atoms in total. The number of piperidine rings is 1. The Labute approximate surface area is 134 Å². The van der Waals surface area contributed by atoms with Crippen molar-refractivity contribution >= 4 is 5.91 Å². The van der Waals surface area contributed by atoms with Gasteiger partial charge in [0.2, 0.25) is 5.91 Å². The minimum atomic E-state index is -0.0119. The van der Waals surface area contributed by atoms with Gasteiger partial charge in [-0.15, -0.1) is 0 Å². The fourth-order valence-electron chi connectivity index (χ4n) is 3.28. The van der Waals surface area contributed by atoms with E-state index in [1.54, 1.807) is 0 Å². The largest absolute Gasteiger partial charge is 0.349 e. The summed E-state index contributed by atoms with van der Waals surface area (Å²) in [6, 6.07) is 8.94. The molecule has 2 rings (SSSR count).